The Hall–Kier alpha value is -1.32. The lowest BCUT2D eigenvalue weighted by Crippen LogP contribution is -2.26. The van der Waals surface area contributed by atoms with Gasteiger partial charge in [-0.05, 0) is 24.7 Å². The maximum atomic E-state index is 5.66. The predicted octanol–water partition coefficient (Wildman–Crippen LogP) is 2.08. The number of anilines is 2. The molecule has 0 radical (unpaired) electrons. The fourth-order valence-electron chi connectivity index (χ4n) is 2.48. The first-order valence-corrected chi connectivity index (χ1v) is 6.01. The molecule has 4 nitrogen and oxygen atoms in total. The second-order valence-corrected chi connectivity index (χ2v) is 4.68. The molecule has 2 heterocycles. The summed E-state index contributed by atoms with van der Waals surface area (Å²) >= 11 is 0. The van der Waals surface area contributed by atoms with Crippen molar-refractivity contribution in [1.82, 2.24) is 9.97 Å². The molecule has 1 aliphatic heterocycles. The Bertz CT molecular complexity index is 360. The van der Waals surface area contributed by atoms with Gasteiger partial charge in [-0.1, -0.05) is 13.8 Å². The van der Waals surface area contributed by atoms with Crippen molar-refractivity contribution in [1.29, 1.82) is 0 Å². The molecule has 1 saturated heterocycles. The summed E-state index contributed by atoms with van der Waals surface area (Å²) in [5, 5.41) is 0. The normalized spacial score (nSPS) is 19.0. The molecule has 88 valence electrons. The maximum Gasteiger partial charge on any atom is 0.149 e. The summed E-state index contributed by atoms with van der Waals surface area (Å²) in [6.07, 6.45) is 7.10. The van der Waals surface area contributed by atoms with Gasteiger partial charge in [-0.15, -0.1) is 0 Å². The molecule has 1 aromatic heterocycles. The van der Waals surface area contributed by atoms with Crippen molar-refractivity contribution in [3.05, 3.63) is 12.4 Å². The SMILES string of the molecule is CCC1(CC)CCN(c2cncc(N)n2)C1. The molecule has 16 heavy (non-hydrogen) atoms. The highest BCUT2D eigenvalue weighted by Gasteiger charge is 2.35. The first-order chi connectivity index (χ1) is 7.69. The monoisotopic (exact) mass is 220 g/mol. The average molecular weight is 220 g/mol. The van der Waals surface area contributed by atoms with Gasteiger partial charge in [-0.2, -0.15) is 0 Å². The molecule has 0 bridgehead atoms. The minimum atomic E-state index is 0.465. The lowest BCUT2D eigenvalue weighted by molar-refractivity contribution is 0.301. The van der Waals surface area contributed by atoms with Gasteiger partial charge in [-0.3, -0.25) is 4.98 Å². The summed E-state index contributed by atoms with van der Waals surface area (Å²) in [5.41, 5.74) is 6.12. The zero-order valence-corrected chi connectivity index (χ0v) is 10.1. The van der Waals surface area contributed by atoms with E-state index in [1.807, 2.05) is 0 Å². The molecule has 1 aliphatic rings. The van der Waals surface area contributed by atoms with Crippen molar-refractivity contribution in [3.63, 3.8) is 0 Å². The topological polar surface area (TPSA) is 55.0 Å². The first kappa shape index (κ1) is 11.2. The van der Waals surface area contributed by atoms with Gasteiger partial charge in [-0.25, -0.2) is 4.98 Å². The van der Waals surface area contributed by atoms with Crippen LogP contribution in [0.3, 0.4) is 0 Å². The molecule has 4 heteroatoms. The van der Waals surface area contributed by atoms with E-state index in [1.54, 1.807) is 12.4 Å². The van der Waals surface area contributed by atoms with Crippen LogP contribution in [-0.2, 0) is 0 Å². The summed E-state index contributed by atoms with van der Waals surface area (Å²) in [4.78, 5) is 10.7. The number of hydrogen-bond acceptors (Lipinski definition) is 4. The highest BCUT2D eigenvalue weighted by Crippen LogP contribution is 2.38. The summed E-state index contributed by atoms with van der Waals surface area (Å²) in [6.45, 7) is 6.70. The standard InChI is InChI=1S/C12H20N4/c1-3-12(4-2)5-6-16(9-12)11-8-14-7-10(13)15-11/h7-8H,3-6,9H2,1-2H3,(H2,13,15). The van der Waals surface area contributed by atoms with E-state index in [0.717, 1.165) is 18.9 Å². The van der Waals surface area contributed by atoms with Gasteiger partial charge in [0.1, 0.15) is 11.6 Å². The molecule has 0 aliphatic carbocycles. The fraction of sp³-hybridized carbons (Fsp3) is 0.667. The molecule has 0 spiro atoms. The molecule has 0 saturated carbocycles. The Labute approximate surface area is 96.9 Å². The van der Waals surface area contributed by atoms with E-state index in [4.69, 9.17) is 5.73 Å². The van der Waals surface area contributed by atoms with E-state index in [0.29, 0.717) is 11.2 Å². The molecular weight excluding hydrogens is 200 g/mol. The zero-order valence-electron chi connectivity index (χ0n) is 10.1. The molecule has 0 atom stereocenters. The number of nitrogens with zero attached hydrogens (tertiary/aromatic N) is 3. The minimum Gasteiger partial charge on any atom is -0.382 e. The van der Waals surface area contributed by atoms with Crippen LogP contribution in [0.5, 0.6) is 0 Å². The van der Waals surface area contributed by atoms with Crippen LogP contribution in [0, 0.1) is 5.41 Å². The molecule has 2 N–H and O–H groups in total. The van der Waals surface area contributed by atoms with Crippen LogP contribution < -0.4 is 10.6 Å². The van der Waals surface area contributed by atoms with Gasteiger partial charge in [0.15, 0.2) is 0 Å². The summed E-state index contributed by atoms with van der Waals surface area (Å²) in [7, 11) is 0. The number of rotatable bonds is 3. The highest BCUT2D eigenvalue weighted by atomic mass is 15.2. The number of hydrogen-bond donors (Lipinski definition) is 1. The van der Waals surface area contributed by atoms with Crippen LogP contribution >= 0.6 is 0 Å². The lowest BCUT2D eigenvalue weighted by Gasteiger charge is -2.26. The Morgan fingerprint density at radius 2 is 2.12 bits per heavy atom. The van der Waals surface area contributed by atoms with E-state index in [9.17, 15) is 0 Å². The first-order valence-electron chi connectivity index (χ1n) is 6.01. The fourth-order valence-corrected chi connectivity index (χ4v) is 2.48. The predicted molar refractivity (Wildman–Crippen MR) is 66.3 cm³/mol. The Morgan fingerprint density at radius 1 is 1.38 bits per heavy atom. The molecule has 0 aromatic carbocycles. The van der Waals surface area contributed by atoms with Crippen molar-refractivity contribution >= 4 is 11.6 Å². The van der Waals surface area contributed by atoms with E-state index >= 15 is 0 Å². The van der Waals surface area contributed by atoms with Crippen LogP contribution in [0.2, 0.25) is 0 Å². The van der Waals surface area contributed by atoms with Crippen molar-refractivity contribution in [3.8, 4) is 0 Å². The summed E-state index contributed by atoms with van der Waals surface area (Å²) in [6, 6.07) is 0. The van der Waals surface area contributed by atoms with Gasteiger partial charge < -0.3 is 10.6 Å². The van der Waals surface area contributed by atoms with Gasteiger partial charge in [0.25, 0.3) is 0 Å². The second kappa shape index (κ2) is 4.28. The van der Waals surface area contributed by atoms with Gasteiger partial charge in [0.2, 0.25) is 0 Å². The highest BCUT2D eigenvalue weighted by molar-refractivity contribution is 5.42. The van der Waals surface area contributed by atoms with Crippen molar-refractivity contribution in [2.24, 2.45) is 5.41 Å². The van der Waals surface area contributed by atoms with Gasteiger partial charge in [0.05, 0.1) is 12.4 Å². The Kier molecular flexibility index (Phi) is 2.99. The van der Waals surface area contributed by atoms with Crippen LogP contribution in [0.15, 0.2) is 12.4 Å². The number of aromatic nitrogens is 2. The Morgan fingerprint density at radius 3 is 2.69 bits per heavy atom. The number of nitrogens with two attached hydrogens (primary N) is 1. The van der Waals surface area contributed by atoms with Crippen LogP contribution in [-0.4, -0.2) is 23.1 Å². The van der Waals surface area contributed by atoms with Crippen molar-refractivity contribution in [2.75, 3.05) is 23.7 Å². The van der Waals surface area contributed by atoms with Crippen molar-refractivity contribution in [2.45, 2.75) is 33.1 Å². The number of nitrogen functional groups attached to an aromatic ring is 1. The van der Waals surface area contributed by atoms with Crippen LogP contribution in [0.4, 0.5) is 11.6 Å². The third-order valence-electron chi connectivity index (χ3n) is 3.90. The molecule has 0 unspecified atom stereocenters. The molecular formula is C12H20N4. The third kappa shape index (κ3) is 1.96. The van der Waals surface area contributed by atoms with Gasteiger partial charge >= 0.3 is 0 Å². The van der Waals surface area contributed by atoms with E-state index in [1.165, 1.54) is 19.3 Å². The largest absolute Gasteiger partial charge is 0.382 e. The third-order valence-corrected chi connectivity index (χ3v) is 3.90. The summed E-state index contributed by atoms with van der Waals surface area (Å²) < 4.78 is 0. The zero-order chi connectivity index (χ0) is 11.6. The second-order valence-electron chi connectivity index (χ2n) is 4.68. The molecule has 0 amide bonds. The lowest BCUT2D eigenvalue weighted by atomic mass is 9.82. The minimum absolute atomic E-state index is 0.465. The molecule has 2 rings (SSSR count). The quantitative estimate of drug-likeness (QED) is 0.847. The Balaban J connectivity index is 2.14. The van der Waals surface area contributed by atoms with Gasteiger partial charge in [0, 0.05) is 13.1 Å². The molecule has 1 aromatic rings. The van der Waals surface area contributed by atoms with E-state index in [2.05, 4.69) is 28.7 Å². The van der Waals surface area contributed by atoms with Crippen LogP contribution in [0.1, 0.15) is 33.1 Å². The summed E-state index contributed by atoms with van der Waals surface area (Å²) in [5.74, 6) is 1.42. The van der Waals surface area contributed by atoms with Crippen LogP contribution in [0.25, 0.3) is 0 Å². The maximum absolute atomic E-state index is 5.66. The smallest absolute Gasteiger partial charge is 0.149 e. The molecule has 1 fully saturated rings. The average Bonchev–Trinajstić information content (AvgIpc) is 2.74. The van der Waals surface area contributed by atoms with Crippen molar-refractivity contribution < 1.29 is 0 Å². The van der Waals surface area contributed by atoms with E-state index < -0.39 is 0 Å². The van der Waals surface area contributed by atoms with E-state index in [-0.39, 0.29) is 0 Å².